The maximum absolute atomic E-state index is 12.1. The molecule has 0 saturated heterocycles. The molecule has 8 nitrogen and oxygen atoms in total. The molecular weight excluding hydrogens is 306 g/mol. The molecule has 1 heterocycles. The van der Waals surface area contributed by atoms with Crippen LogP contribution < -0.4 is 9.46 Å². The number of carboxylic acids is 1. The highest BCUT2D eigenvalue weighted by molar-refractivity contribution is 7.93. The molecule has 0 fully saturated rings. The van der Waals surface area contributed by atoms with Crippen LogP contribution in [0, 0.1) is 0 Å². The van der Waals surface area contributed by atoms with E-state index in [4.69, 9.17) is 9.84 Å². The Morgan fingerprint density at radius 2 is 2.20 bits per heavy atom. The summed E-state index contributed by atoms with van der Waals surface area (Å²) >= 11 is 1.01. The normalized spacial score (nSPS) is 11.1. The number of anilines is 1. The lowest BCUT2D eigenvalue weighted by molar-refractivity contribution is 0.0693. The van der Waals surface area contributed by atoms with Gasteiger partial charge in [-0.1, -0.05) is 11.3 Å². The summed E-state index contributed by atoms with van der Waals surface area (Å²) in [6.45, 7) is 0. The maximum Gasteiger partial charge on any atom is 0.339 e. The van der Waals surface area contributed by atoms with Gasteiger partial charge >= 0.3 is 5.97 Å². The molecule has 0 spiro atoms. The average molecular weight is 315 g/mol. The summed E-state index contributed by atoms with van der Waals surface area (Å²) in [5, 5.41) is 16.2. The van der Waals surface area contributed by atoms with Gasteiger partial charge in [-0.3, -0.25) is 4.72 Å². The van der Waals surface area contributed by atoms with E-state index in [0.717, 1.165) is 17.4 Å². The average Bonchev–Trinajstić information content (AvgIpc) is 2.89. The predicted octanol–water partition coefficient (Wildman–Crippen LogP) is 1.05. The van der Waals surface area contributed by atoms with Gasteiger partial charge in [0.05, 0.1) is 12.0 Å². The Labute approximate surface area is 118 Å². The van der Waals surface area contributed by atoms with Crippen molar-refractivity contribution in [3.63, 3.8) is 0 Å². The van der Waals surface area contributed by atoms with Gasteiger partial charge in [0, 0.05) is 0 Å². The van der Waals surface area contributed by atoms with E-state index in [-0.39, 0.29) is 21.3 Å². The van der Waals surface area contributed by atoms with Crippen molar-refractivity contribution in [1.82, 2.24) is 10.2 Å². The third kappa shape index (κ3) is 2.86. The first-order chi connectivity index (χ1) is 9.44. The lowest BCUT2D eigenvalue weighted by atomic mass is 10.2. The first kappa shape index (κ1) is 14.2. The maximum atomic E-state index is 12.1. The number of benzene rings is 1. The van der Waals surface area contributed by atoms with E-state index in [1.54, 1.807) is 0 Å². The molecule has 2 aromatic rings. The van der Waals surface area contributed by atoms with Gasteiger partial charge in [0.2, 0.25) is 5.13 Å². The molecule has 1 aromatic heterocycles. The van der Waals surface area contributed by atoms with Crippen molar-refractivity contribution in [1.29, 1.82) is 0 Å². The fourth-order valence-electron chi connectivity index (χ4n) is 1.41. The summed E-state index contributed by atoms with van der Waals surface area (Å²) in [5.74, 6) is -1.21. The highest BCUT2D eigenvalue weighted by Gasteiger charge is 2.20. The number of sulfonamides is 1. The quantitative estimate of drug-likeness (QED) is 0.846. The van der Waals surface area contributed by atoms with Gasteiger partial charge in [0.15, 0.2) is 0 Å². The number of hydrogen-bond donors (Lipinski definition) is 2. The summed E-state index contributed by atoms with van der Waals surface area (Å²) in [6, 6.07) is 3.54. The van der Waals surface area contributed by atoms with E-state index in [0.29, 0.717) is 0 Å². The third-order valence-corrected chi connectivity index (χ3v) is 4.37. The van der Waals surface area contributed by atoms with E-state index in [1.165, 1.54) is 24.8 Å². The van der Waals surface area contributed by atoms with Crippen molar-refractivity contribution in [3.8, 4) is 5.75 Å². The van der Waals surface area contributed by atoms with Gasteiger partial charge in [-0.15, -0.1) is 10.2 Å². The second-order valence-electron chi connectivity index (χ2n) is 3.52. The molecule has 106 valence electrons. The van der Waals surface area contributed by atoms with Gasteiger partial charge in [0.1, 0.15) is 16.8 Å². The number of aromatic nitrogens is 2. The second-order valence-corrected chi connectivity index (χ2v) is 6.03. The number of carbonyl (C=O) groups is 1. The number of aromatic carboxylic acids is 1. The van der Waals surface area contributed by atoms with Crippen molar-refractivity contribution >= 4 is 32.5 Å². The third-order valence-electron chi connectivity index (χ3n) is 2.29. The molecule has 0 amide bonds. The highest BCUT2D eigenvalue weighted by atomic mass is 32.2. The standard InChI is InChI=1S/C10H9N3O5S2/c1-18-8-3-2-6(4-7(8)9(14)15)20(16,17)13-10-12-11-5-19-10/h2-5H,1H3,(H,12,13)(H,14,15). The van der Waals surface area contributed by atoms with Gasteiger partial charge in [-0.25, -0.2) is 13.2 Å². The summed E-state index contributed by atoms with van der Waals surface area (Å²) in [7, 11) is -2.62. The predicted molar refractivity (Wildman–Crippen MR) is 70.7 cm³/mol. The van der Waals surface area contributed by atoms with Crippen LogP contribution in [0.1, 0.15) is 10.4 Å². The lowest BCUT2D eigenvalue weighted by Gasteiger charge is -2.08. The first-order valence-electron chi connectivity index (χ1n) is 5.14. The Morgan fingerprint density at radius 1 is 1.45 bits per heavy atom. The van der Waals surface area contributed by atoms with E-state index in [9.17, 15) is 13.2 Å². The molecular formula is C10H9N3O5S2. The summed E-state index contributed by atoms with van der Waals surface area (Å²) < 4.78 is 31.2. The van der Waals surface area contributed by atoms with Crippen molar-refractivity contribution in [3.05, 3.63) is 29.3 Å². The van der Waals surface area contributed by atoms with Gasteiger partial charge < -0.3 is 9.84 Å². The van der Waals surface area contributed by atoms with Crippen molar-refractivity contribution in [2.24, 2.45) is 0 Å². The number of methoxy groups -OCH3 is 1. The van der Waals surface area contributed by atoms with Crippen molar-refractivity contribution in [2.45, 2.75) is 4.90 Å². The molecule has 2 rings (SSSR count). The van der Waals surface area contributed by atoms with Crippen LogP contribution in [0.25, 0.3) is 0 Å². The summed E-state index contributed by atoms with van der Waals surface area (Å²) in [6.07, 6.45) is 0. The van der Waals surface area contributed by atoms with Crippen molar-refractivity contribution in [2.75, 3.05) is 11.8 Å². The monoisotopic (exact) mass is 315 g/mol. The molecule has 2 N–H and O–H groups in total. The molecule has 0 radical (unpaired) electrons. The number of nitrogens with one attached hydrogen (secondary N) is 1. The fourth-order valence-corrected chi connectivity index (χ4v) is 3.13. The lowest BCUT2D eigenvalue weighted by Crippen LogP contribution is -2.14. The van der Waals surface area contributed by atoms with Gasteiger partial charge in [-0.05, 0) is 18.2 Å². The number of ether oxygens (including phenoxy) is 1. The summed E-state index contributed by atoms with van der Waals surface area (Å²) in [4.78, 5) is 10.9. The molecule has 0 aliphatic heterocycles. The molecule has 0 unspecified atom stereocenters. The molecule has 0 aliphatic carbocycles. The fraction of sp³-hybridized carbons (Fsp3) is 0.100. The van der Waals surface area contributed by atoms with E-state index >= 15 is 0 Å². The van der Waals surface area contributed by atoms with Crippen molar-refractivity contribution < 1.29 is 23.1 Å². The van der Waals surface area contributed by atoms with Crippen LogP contribution in [0.3, 0.4) is 0 Å². The zero-order valence-electron chi connectivity index (χ0n) is 10.1. The minimum absolute atomic E-state index is 0.0763. The summed E-state index contributed by atoms with van der Waals surface area (Å²) in [5.41, 5.74) is 1.13. The smallest absolute Gasteiger partial charge is 0.339 e. The highest BCUT2D eigenvalue weighted by Crippen LogP contribution is 2.24. The van der Waals surface area contributed by atoms with Crippen LogP contribution in [-0.2, 0) is 10.0 Å². The SMILES string of the molecule is COc1ccc(S(=O)(=O)Nc2nncs2)cc1C(=O)O. The molecule has 0 saturated carbocycles. The number of hydrogen-bond acceptors (Lipinski definition) is 7. The Balaban J connectivity index is 2.42. The second kappa shape index (κ2) is 5.43. The zero-order chi connectivity index (χ0) is 14.8. The van der Waals surface area contributed by atoms with Gasteiger partial charge in [-0.2, -0.15) is 0 Å². The Bertz CT molecular complexity index is 727. The van der Waals surface area contributed by atoms with E-state index in [1.807, 2.05) is 0 Å². The molecule has 10 heteroatoms. The Morgan fingerprint density at radius 3 is 2.75 bits per heavy atom. The van der Waals surface area contributed by atoms with Crippen LogP contribution in [0.5, 0.6) is 5.75 Å². The Kier molecular flexibility index (Phi) is 3.86. The van der Waals surface area contributed by atoms with Crippen LogP contribution in [0.15, 0.2) is 28.6 Å². The van der Waals surface area contributed by atoms with Crippen LogP contribution in [-0.4, -0.2) is 36.8 Å². The first-order valence-corrected chi connectivity index (χ1v) is 7.50. The zero-order valence-corrected chi connectivity index (χ0v) is 11.7. The minimum atomic E-state index is -3.93. The van der Waals surface area contributed by atoms with Gasteiger partial charge in [0.25, 0.3) is 10.0 Å². The van der Waals surface area contributed by atoms with Crippen LogP contribution in [0.4, 0.5) is 5.13 Å². The number of carboxylic acid groups (broad SMARTS) is 1. The minimum Gasteiger partial charge on any atom is -0.496 e. The van der Waals surface area contributed by atoms with E-state index in [2.05, 4.69) is 14.9 Å². The number of nitrogens with zero attached hydrogens (tertiary/aromatic N) is 2. The molecule has 1 aromatic carbocycles. The number of rotatable bonds is 5. The molecule has 0 aliphatic rings. The van der Waals surface area contributed by atoms with E-state index < -0.39 is 16.0 Å². The largest absolute Gasteiger partial charge is 0.496 e. The molecule has 0 bridgehead atoms. The molecule has 20 heavy (non-hydrogen) atoms. The Hall–Kier alpha value is -2.20. The van der Waals surface area contributed by atoms with Crippen LogP contribution >= 0.6 is 11.3 Å². The topological polar surface area (TPSA) is 118 Å². The van der Waals surface area contributed by atoms with Crippen LogP contribution in [0.2, 0.25) is 0 Å². The molecule has 0 atom stereocenters.